The Hall–Kier alpha value is -3.21. The zero-order valence-electron chi connectivity index (χ0n) is 12.1. The molecule has 0 saturated carbocycles. The molecule has 2 aromatic heterocycles. The topological polar surface area (TPSA) is 42.2 Å². The SMILES string of the molecule is Fc1cccc(-c2cccc3nc(Nc4ccccc4)nn23)c1. The quantitative estimate of drug-likeness (QED) is 0.614. The molecule has 0 bridgehead atoms. The molecule has 0 amide bonds. The minimum atomic E-state index is -0.276. The molecule has 4 nitrogen and oxygen atoms in total. The van der Waals surface area contributed by atoms with Crippen LogP contribution in [0.1, 0.15) is 0 Å². The molecule has 1 N–H and O–H groups in total. The van der Waals surface area contributed by atoms with Crippen molar-refractivity contribution in [2.45, 2.75) is 0 Å². The number of halogens is 1. The summed E-state index contributed by atoms with van der Waals surface area (Å²) >= 11 is 0. The van der Waals surface area contributed by atoms with E-state index in [2.05, 4.69) is 15.4 Å². The highest BCUT2D eigenvalue weighted by Crippen LogP contribution is 2.22. The zero-order chi connectivity index (χ0) is 15.6. The van der Waals surface area contributed by atoms with Gasteiger partial charge < -0.3 is 5.32 Å². The van der Waals surface area contributed by atoms with E-state index in [1.54, 1.807) is 10.6 Å². The van der Waals surface area contributed by atoms with Gasteiger partial charge in [0.1, 0.15) is 5.82 Å². The van der Waals surface area contributed by atoms with E-state index in [0.29, 0.717) is 11.6 Å². The molecule has 0 atom stereocenters. The zero-order valence-corrected chi connectivity index (χ0v) is 12.1. The molecule has 23 heavy (non-hydrogen) atoms. The maximum absolute atomic E-state index is 13.5. The van der Waals surface area contributed by atoms with Crippen molar-refractivity contribution < 1.29 is 4.39 Å². The highest BCUT2D eigenvalue weighted by molar-refractivity contribution is 5.64. The first-order valence-corrected chi connectivity index (χ1v) is 7.23. The third-order valence-electron chi connectivity index (χ3n) is 3.51. The van der Waals surface area contributed by atoms with Crippen LogP contribution >= 0.6 is 0 Å². The number of hydrogen-bond donors (Lipinski definition) is 1. The molecule has 4 rings (SSSR count). The van der Waals surface area contributed by atoms with E-state index in [4.69, 9.17) is 0 Å². The van der Waals surface area contributed by atoms with E-state index >= 15 is 0 Å². The summed E-state index contributed by atoms with van der Waals surface area (Å²) in [5.74, 6) is 0.224. The van der Waals surface area contributed by atoms with Crippen LogP contribution in [0.15, 0.2) is 72.8 Å². The van der Waals surface area contributed by atoms with Gasteiger partial charge in [0.15, 0.2) is 5.65 Å². The number of pyridine rings is 1. The Balaban J connectivity index is 1.79. The Kier molecular flexibility index (Phi) is 3.24. The summed E-state index contributed by atoms with van der Waals surface area (Å²) in [7, 11) is 0. The van der Waals surface area contributed by atoms with Gasteiger partial charge in [-0.1, -0.05) is 36.4 Å². The van der Waals surface area contributed by atoms with Gasteiger partial charge >= 0.3 is 0 Å². The lowest BCUT2D eigenvalue weighted by Crippen LogP contribution is -1.95. The number of nitrogens with one attached hydrogen (secondary N) is 1. The Bertz CT molecular complexity index is 963. The lowest BCUT2D eigenvalue weighted by molar-refractivity contribution is 0.628. The van der Waals surface area contributed by atoms with Crippen LogP contribution in [0.5, 0.6) is 0 Å². The fourth-order valence-corrected chi connectivity index (χ4v) is 2.48. The van der Waals surface area contributed by atoms with Crippen LogP contribution < -0.4 is 5.32 Å². The van der Waals surface area contributed by atoms with Gasteiger partial charge in [0.05, 0.1) is 5.69 Å². The highest BCUT2D eigenvalue weighted by Gasteiger charge is 2.09. The summed E-state index contributed by atoms with van der Waals surface area (Å²) in [6.45, 7) is 0. The maximum Gasteiger partial charge on any atom is 0.247 e. The van der Waals surface area contributed by atoms with Crippen molar-refractivity contribution in [1.82, 2.24) is 14.6 Å². The molecule has 0 fully saturated rings. The normalized spacial score (nSPS) is 10.8. The van der Waals surface area contributed by atoms with Crippen LogP contribution in [-0.2, 0) is 0 Å². The number of nitrogens with zero attached hydrogens (tertiary/aromatic N) is 3. The van der Waals surface area contributed by atoms with Crippen molar-refractivity contribution in [3.8, 4) is 11.3 Å². The molecule has 0 aliphatic carbocycles. The standard InChI is InChI=1S/C18H13FN4/c19-14-7-4-6-13(12-14)16-10-5-11-17-21-18(22-23(16)17)20-15-8-2-1-3-9-15/h1-12H,(H,20,22). The van der Waals surface area contributed by atoms with Crippen LogP contribution in [0.3, 0.4) is 0 Å². The lowest BCUT2D eigenvalue weighted by atomic mass is 10.1. The summed E-state index contributed by atoms with van der Waals surface area (Å²) in [5.41, 5.74) is 3.16. The van der Waals surface area contributed by atoms with E-state index in [-0.39, 0.29) is 5.82 Å². The van der Waals surface area contributed by atoms with Crippen LogP contribution in [-0.4, -0.2) is 14.6 Å². The summed E-state index contributed by atoms with van der Waals surface area (Å²) in [4.78, 5) is 4.46. The molecule has 2 heterocycles. The number of aromatic nitrogens is 3. The van der Waals surface area contributed by atoms with E-state index in [0.717, 1.165) is 16.9 Å². The molecule has 0 spiro atoms. The third-order valence-corrected chi connectivity index (χ3v) is 3.51. The number of para-hydroxylation sites is 1. The largest absolute Gasteiger partial charge is 0.323 e. The first-order chi connectivity index (χ1) is 11.3. The van der Waals surface area contributed by atoms with Gasteiger partial charge in [-0.25, -0.2) is 8.91 Å². The van der Waals surface area contributed by atoms with Crippen molar-refractivity contribution in [3.05, 3.63) is 78.6 Å². The monoisotopic (exact) mass is 304 g/mol. The lowest BCUT2D eigenvalue weighted by Gasteiger charge is -2.04. The molecule has 4 aromatic rings. The number of anilines is 2. The number of rotatable bonds is 3. The summed E-state index contributed by atoms with van der Waals surface area (Å²) < 4.78 is 15.2. The van der Waals surface area contributed by atoms with Crippen molar-refractivity contribution in [3.63, 3.8) is 0 Å². The molecular weight excluding hydrogens is 291 g/mol. The molecule has 0 aliphatic heterocycles. The van der Waals surface area contributed by atoms with Crippen molar-refractivity contribution in [2.24, 2.45) is 0 Å². The summed E-state index contributed by atoms with van der Waals surface area (Å²) in [5, 5.41) is 7.65. The average Bonchev–Trinajstić information content (AvgIpc) is 2.98. The molecule has 5 heteroatoms. The van der Waals surface area contributed by atoms with E-state index < -0.39 is 0 Å². The second kappa shape index (κ2) is 5.53. The van der Waals surface area contributed by atoms with Gasteiger partial charge in [-0.15, -0.1) is 5.10 Å². The molecular formula is C18H13FN4. The Morgan fingerprint density at radius 1 is 0.870 bits per heavy atom. The maximum atomic E-state index is 13.5. The predicted molar refractivity (Wildman–Crippen MR) is 88.1 cm³/mol. The average molecular weight is 304 g/mol. The van der Waals surface area contributed by atoms with E-state index in [1.807, 2.05) is 54.6 Å². The van der Waals surface area contributed by atoms with Crippen molar-refractivity contribution in [2.75, 3.05) is 5.32 Å². The van der Waals surface area contributed by atoms with Crippen molar-refractivity contribution >= 4 is 17.3 Å². The van der Waals surface area contributed by atoms with Gasteiger partial charge in [0, 0.05) is 11.3 Å². The van der Waals surface area contributed by atoms with Crippen LogP contribution in [0.4, 0.5) is 16.0 Å². The summed E-state index contributed by atoms with van der Waals surface area (Å²) in [6.07, 6.45) is 0. The third kappa shape index (κ3) is 2.64. The van der Waals surface area contributed by atoms with Crippen LogP contribution in [0.2, 0.25) is 0 Å². The van der Waals surface area contributed by atoms with Crippen molar-refractivity contribution in [1.29, 1.82) is 0 Å². The molecule has 0 unspecified atom stereocenters. The Labute approximate surface area is 132 Å². The second-order valence-electron chi connectivity index (χ2n) is 5.12. The van der Waals surface area contributed by atoms with E-state index in [9.17, 15) is 4.39 Å². The fraction of sp³-hybridized carbons (Fsp3) is 0. The Morgan fingerprint density at radius 3 is 2.52 bits per heavy atom. The first-order valence-electron chi connectivity index (χ1n) is 7.23. The molecule has 0 radical (unpaired) electrons. The van der Waals surface area contributed by atoms with Gasteiger partial charge in [-0.3, -0.25) is 0 Å². The second-order valence-corrected chi connectivity index (χ2v) is 5.12. The fourth-order valence-electron chi connectivity index (χ4n) is 2.48. The number of benzene rings is 2. The summed E-state index contributed by atoms with van der Waals surface area (Å²) in [6, 6.07) is 21.8. The smallest absolute Gasteiger partial charge is 0.247 e. The van der Waals surface area contributed by atoms with Gasteiger partial charge in [0.25, 0.3) is 0 Å². The Morgan fingerprint density at radius 2 is 1.70 bits per heavy atom. The minimum absolute atomic E-state index is 0.276. The molecule has 112 valence electrons. The van der Waals surface area contributed by atoms with Gasteiger partial charge in [-0.2, -0.15) is 4.98 Å². The first kappa shape index (κ1) is 13.5. The van der Waals surface area contributed by atoms with Crippen LogP contribution in [0.25, 0.3) is 16.9 Å². The van der Waals surface area contributed by atoms with Gasteiger partial charge in [-0.05, 0) is 36.4 Å². The minimum Gasteiger partial charge on any atom is -0.323 e. The molecule has 0 aliphatic rings. The highest BCUT2D eigenvalue weighted by atomic mass is 19.1. The molecule has 2 aromatic carbocycles. The van der Waals surface area contributed by atoms with Gasteiger partial charge in [0.2, 0.25) is 5.95 Å². The van der Waals surface area contributed by atoms with E-state index in [1.165, 1.54) is 12.1 Å². The predicted octanol–water partition coefficient (Wildman–Crippen LogP) is 4.28. The van der Waals surface area contributed by atoms with Crippen LogP contribution in [0, 0.1) is 5.82 Å². The number of hydrogen-bond acceptors (Lipinski definition) is 3. The molecule has 0 saturated heterocycles. The number of fused-ring (bicyclic) bond motifs is 1.